The van der Waals surface area contributed by atoms with E-state index in [9.17, 15) is 9.59 Å². The van der Waals surface area contributed by atoms with Crippen molar-refractivity contribution in [1.82, 2.24) is 0 Å². The number of amides is 2. The minimum Gasteiger partial charge on any atom is -0.494 e. The maximum Gasteiger partial charge on any atom is 0.248 e. The van der Waals surface area contributed by atoms with Crippen molar-refractivity contribution in [3.63, 3.8) is 0 Å². The summed E-state index contributed by atoms with van der Waals surface area (Å²) < 4.78 is 10.8. The fourth-order valence-corrected chi connectivity index (χ4v) is 3.08. The summed E-state index contributed by atoms with van der Waals surface area (Å²) in [6.07, 6.45) is 4.61. The third kappa shape index (κ3) is 4.71. The molecule has 0 bridgehead atoms. The van der Waals surface area contributed by atoms with Crippen LogP contribution in [0, 0.1) is 0 Å². The molecule has 0 saturated carbocycles. The highest BCUT2D eigenvalue weighted by Gasteiger charge is 2.24. The van der Waals surface area contributed by atoms with Gasteiger partial charge in [0, 0.05) is 30.8 Å². The van der Waals surface area contributed by atoms with Gasteiger partial charge in [-0.25, -0.2) is 0 Å². The van der Waals surface area contributed by atoms with Gasteiger partial charge in [-0.3, -0.25) is 9.59 Å². The molecule has 0 atom stereocenters. The van der Waals surface area contributed by atoms with Gasteiger partial charge >= 0.3 is 0 Å². The number of carbonyl (C=O) groups is 2. The zero-order valence-corrected chi connectivity index (χ0v) is 16.1. The number of methoxy groups -OCH3 is 1. The monoisotopic (exact) mass is 380 g/mol. The molecule has 0 radical (unpaired) electrons. The van der Waals surface area contributed by atoms with Crippen molar-refractivity contribution in [1.29, 1.82) is 0 Å². The van der Waals surface area contributed by atoms with Gasteiger partial charge in [0.25, 0.3) is 0 Å². The molecule has 28 heavy (non-hydrogen) atoms. The maximum absolute atomic E-state index is 12.2. The van der Waals surface area contributed by atoms with E-state index < -0.39 is 0 Å². The molecule has 6 nitrogen and oxygen atoms in total. The predicted molar refractivity (Wildman–Crippen MR) is 110 cm³/mol. The van der Waals surface area contributed by atoms with Crippen LogP contribution in [-0.4, -0.2) is 32.1 Å². The van der Waals surface area contributed by atoms with Crippen LogP contribution in [0.15, 0.2) is 48.5 Å². The molecule has 2 amide bonds. The van der Waals surface area contributed by atoms with Crippen molar-refractivity contribution < 1.29 is 19.1 Å². The second-order valence-corrected chi connectivity index (χ2v) is 6.36. The summed E-state index contributed by atoms with van der Waals surface area (Å²) in [5.41, 5.74) is 2.24. The van der Waals surface area contributed by atoms with Crippen LogP contribution >= 0.6 is 0 Å². The van der Waals surface area contributed by atoms with E-state index in [-0.39, 0.29) is 11.8 Å². The third-order valence-corrected chi connectivity index (χ3v) is 4.43. The number of hydrogen-bond donors (Lipinski definition) is 1. The molecule has 1 N–H and O–H groups in total. The minimum absolute atomic E-state index is 0.0911. The second kappa shape index (κ2) is 9.08. The van der Waals surface area contributed by atoms with E-state index in [0.29, 0.717) is 31.0 Å². The van der Waals surface area contributed by atoms with Gasteiger partial charge in [0.1, 0.15) is 11.5 Å². The van der Waals surface area contributed by atoms with Gasteiger partial charge in [0.2, 0.25) is 11.8 Å². The topological polar surface area (TPSA) is 67.9 Å². The predicted octanol–water partition coefficient (Wildman–Crippen LogP) is 3.87. The first-order chi connectivity index (χ1) is 13.6. The molecule has 2 aromatic rings. The van der Waals surface area contributed by atoms with Gasteiger partial charge in [-0.15, -0.1) is 0 Å². The first kappa shape index (κ1) is 19.5. The Balaban J connectivity index is 1.65. The zero-order valence-electron chi connectivity index (χ0n) is 16.1. The molecule has 1 saturated heterocycles. The summed E-state index contributed by atoms with van der Waals surface area (Å²) in [7, 11) is 1.55. The van der Waals surface area contributed by atoms with Gasteiger partial charge in [0.15, 0.2) is 0 Å². The Kier molecular flexibility index (Phi) is 6.32. The van der Waals surface area contributed by atoms with Crippen molar-refractivity contribution in [2.24, 2.45) is 0 Å². The van der Waals surface area contributed by atoms with Crippen LogP contribution in [0.25, 0.3) is 6.08 Å². The smallest absolute Gasteiger partial charge is 0.248 e. The van der Waals surface area contributed by atoms with E-state index in [1.807, 2.05) is 31.2 Å². The van der Waals surface area contributed by atoms with Crippen molar-refractivity contribution in [2.45, 2.75) is 19.8 Å². The lowest BCUT2D eigenvalue weighted by atomic mass is 10.2. The molecule has 0 aromatic heterocycles. The average Bonchev–Trinajstić information content (AvgIpc) is 3.13. The third-order valence-electron chi connectivity index (χ3n) is 4.43. The summed E-state index contributed by atoms with van der Waals surface area (Å²) >= 11 is 0. The average molecular weight is 380 g/mol. The standard InChI is InChI=1S/C22H24N2O4/c1-3-28-18-10-6-16(7-11-18)8-13-21(25)23-17-9-12-19(20(15-17)27-2)24-14-4-5-22(24)26/h6-13,15H,3-5,14H2,1-2H3,(H,23,25)/b13-8-. The van der Waals surface area contributed by atoms with Crippen LogP contribution in [0.2, 0.25) is 0 Å². The molecule has 2 aromatic carbocycles. The molecule has 146 valence electrons. The molecular weight excluding hydrogens is 356 g/mol. The van der Waals surface area contributed by atoms with Gasteiger partial charge in [-0.05, 0) is 49.2 Å². The van der Waals surface area contributed by atoms with Crippen LogP contribution < -0.4 is 19.7 Å². The molecule has 1 aliphatic heterocycles. The molecule has 1 heterocycles. The molecule has 1 fully saturated rings. The number of anilines is 2. The summed E-state index contributed by atoms with van der Waals surface area (Å²) in [5.74, 6) is 1.20. The molecule has 0 spiro atoms. The van der Waals surface area contributed by atoms with Crippen LogP contribution in [0.1, 0.15) is 25.3 Å². The lowest BCUT2D eigenvalue weighted by Crippen LogP contribution is -2.24. The van der Waals surface area contributed by atoms with Crippen molar-refractivity contribution in [3.8, 4) is 11.5 Å². The zero-order chi connectivity index (χ0) is 19.9. The Morgan fingerprint density at radius 3 is 2.64 bits per heavy atom. The molecular formula is C22H24N2O4. The highest BCUT2D eigenvalue weighted by atomic mass is 16.5. The van der Waals surface area contributed by atoms with E-state index in [2.05, 4.69) is 5.32 Å². The van der Waals surface area contributed by atoms with Gasteiger partial charge < -0.3 is 19.7 Å². The van der Waals surface area contributed by atoms with E-state index in [1.54, 1.807) is 36.3 Å². The van der Waals surface area contributed by atoms with E-state index in [4.69, 9.17) is 9.47 Å². The first-order valence-corrected chi connectivity index (χ1v) is 9.31. The Labute approximate surface area is 164 Å². The first-order valence-electron chi connectivity index (χ1n) is 9.31. The van der Waals surface area contributed by atoms with Crippen LogP contribution in [-0.2, 0) is 9.59 Å². The number of nitrogens with zero attached hydrogens (tertiary/aromatic N) is 1. The van der Waals surface area contributed by atoms with Gasteiger partial charge in [0.05, 0.1) is 19.4 Å². The van der Waals surface area contributed by atoms with E-state index in [1.165, 1.54) is 6.08 Å². The summed E-state index contributed by atoms with van der Waals surface area (Å²) in [6, 6.07) is 12.8. The molecule has 0 aliphatic carbocycles. The fraction of sp³-hybridized carbons (Fsp3) is 0.273. The molecule has 1 aliphatic rings. The second-order valence-electron chi connectivity index (χ2n) is 6.36. The van der Waals surface area contributed by atoms with Crippen molar-refractivity contribution in [2.75, 3.05) is 30.5 Å². The Morgan fingerprint density at radius 1 is 1.21 bits per heavy atom. The lowest BCUT2D eigenvalue weighted by molar-refractivity contribution is -0.117. The fourth-order valence-electron chi connectivity index (χ4n) is 3.08. The van der Waals surface area contributed by atoms with Crippen LogP contribution in [0.3, 0.4) is 0 Å². The van der Waals surface area contributed by atoms with Crippen molar-refractivity contribution in [3.05, 3.63) is 54.1 Å². The maximum atomic E-state index is 12.2. The number of hydrogen-bond acceptors (Lipinski definition) is 4. The van der Waals surface area contributed by atoms with Crippen LogP contribution in [0.5, 0.6) is 11.5 Å². The number of nitrogens with one attached hydrogen (secondary N) is 1. The van der Waals surface area contributed by atoms with Gasteiger partial charge in [-0.2, -0.15) is 0 Å². The quantitative estimate of drug-likeness (QED) is 0.741. The van der Waals surface area contributed by atoms with Crippen LogP contribution in [0.4, 0.5) is 11.4 Å². The molecule has 0 unspecified atom stereocenters. The largest absolute Gasteiger partial charge is 0.494 e. The normalized spacial score (nSPS) is 13.8. The SMILES string of the molecule is CCOc1ccc(/C=C\C(=O)Nc2ccc(N3CCCC3=O)c(OC)c2)cc1. The summed E-state index contributed by atoms with van der Waals surface area (Å²) in [4.78, 5) is 25.9. The number of ether oxygens (including phenoxy) is 2. The highest BCUT2D eigenvalue weighted by Crippen LogP contribution is 2.33. The van der Waals surface area contributed by atoms with Crippen molar-refractivity contribution >= 4 is 29.3 Å². The highest BCUT2D eigenvalue weighted by molar-refractivity contribution is 6.02. The number of rotatable bonds is 7. The molecule has 3 rings (SSSR count). The number of carbonyl (C=O) groups excluding carboxylic acids is 2. The van der Waals surface area contributed by atoms with Gasteiger partial charge in [-0.1, -0.05) is 12.1 Å². The Bertz CT molecular complexity index is 875. The summed E-state index contributed by atoms with van der Waals surface area (Å²) in [5, 5.41) is 2.81. The lowest BCUT2D eigenvalue weighted by Gasteiger charge is -2.19. The Hall–Kier alpha value is -3.28. The van der Waals surface area contributed by atoms with E-state index >= 15 is 0 Å². The summed E-state index contributed by atoms with van der Waals surface area (Å²) in [6.45, 7) is 3.24. The molecule has 6 heteroatoms. The minimum atomic E-state index is -0.249. The number of benzene rings is 2. The van der Waals surface area contributed by atoms with E-state index in [0.717, 1.165) is 23.4 Å². The Morgan fingerprint density at radius 2 is 2.00 bits per heavy atom.